The van der Waals surface area contributed by atoms with E-state index >= 15 is 0 Å². The van der Waals surface area contributed by atoms with Gasteiger partial charge in [-0.05, 0) is 24.1 Å². The molecule has 1 N–H and O–H groups in total. The highest BCUT2D eigenvalue weighted by Gasteiger charge is 2.17. The number of fused-ring (bicyclic) bond motifs is 3. The van der Waals surface area contributed by atoms with Gasteiger partial charge in [0.15, 0.2) is 11.9 Å². The number of benzene rings is 1. The second kappa shape index (κ2) is 5.83. The second-order valence-electron chi connectivity index (χ2n) is 5.13. The molecule has 3 heterocycles. The number of aromatic nitrogens is 4. The summed E-state index contributed by atoms with van der Waals surface area (Å²) < 4.78 is 10.8. The molecule has 4 rings (SSSR count). The van der Waals surface area contributed by atoms with Crippen LogP contribution < -0.4 is 0 Å². The zero-order chi connectivity index (χ0) is 14.9. The van der Waals surface area contributed by atoms with Crippen molar-refractivity contribution in [3.63, 3.8) is 0 Å². The van der Waals surface area contributed by atoms with Gasteiger partial charge in [-0.15, -0.1) is 10.2 Å². The van der Waals surface area contributed by atoms with Gasteiger partial charge in [-0.3, -0.25) is 0 Å². The third-order valence-corrected chi connectivity index (χ3v) is 4.58. The maximum Gasteiger partial charge on any atom is 0.211 e. The number of aromatic amines is 1. The van der Waals surface area contributed by atoms with Crippen LogP contribution in [0.4, 0.5) is 0 Å². The van der Waals surface area contributed by atoms with E-state index in [1.165, 1.54) is 17.3 Å². The van der Waals surface area contributed by atoms with Crippen LogP contribution in [0.15, 0.2) is 23.4 Å². The molecule has 7 heteroatoms. The van der Waals surface area contributed by atoms with Gasteiger partial charge in [0, 0.05) is 10.9 Å². The molecule has 22 heavy (non-hydrogen) atoms. The molecule has 2 aromatic heterocycles. The second-order valence-corrected chi connectivity index (χ2v) is 6.12. The number of hydrogen-bond acceptors (Lipinski definition) is 6. The molecule has 0 bridgehead atoms. The number of thioether (sulfide) groups is 1. The summed E-state index contributed by atoms with van der Waals surface area (Å²) in [6.07, 6.45) is 0.831. The standard InChI is InChI=1S/C15H16N4O2S/c1-2-9-3-4-11-10(7-9)13-14(16-11)17-15(19-18-13)22-8-12-20-5-6-21-12/h3-4,7,12H,2,5-6,8H2,1H3,(H,16,17,19). The highest BCUT2D eigenvalue weighted by Crippen LogP contribution is 2.25. The van der Waals surface area contributed by atoms with Crippen molar-refractivity contribution in [1.82, 2.24) is 20.2 Å². The van der Waals surface area contributed by atoms with E-state index < -0.39 is 0 Å². The van der Waals surface area contributed by atoms with Gasteiger partial charge in [-0.2, -0.15) is 0 Å². The molecule has 0 spiro atoms. The summed E-state index contributed by atoms with van der Waals surface area (Å²) in [6.45, 7) is 3.46. The number of rotatable bonds is 4. The third-order valence-electron chi connectivity index (χ3n) is 3.71. The van der Waals surface area contributed by atoms with Crippen molar-refractivity contribution >= 4 is 33.8 Å². The Bertz CT molecular complexity index is 814. The van der Waals surface area contributed by atoms with Crippen LogP contribution in [0.3, 0.4) is 0 Å². The lowest BCUT2D eigenvalue weighted by atomic mass is 10.1. The Kier molecular flexibility index (Phi) is 3.69. The first-order valence-corrected chi connectivity index (χ1v) is 8.33. The monoisotopic (exact) mass is 316 g/mol. The Balaban J connectivity index is 1.64. The lowest BCUT2D eigenvalue weighted by Crippen LogP contribution is -2.11. The number of nitrogens with zero attached hydrogens (tertiary/aromatic N) is 3. The van der Waals surface area contributed by atoms with Crippen LogP contribution in [0.1, 0.15) is 12.5 Å². The minimum absolute atomic E-state index is 0.167. The normalized spacial score (nSPS) is 16.0. The molecule has 1 aliphatic heterocycles. The quantitative estimate of drug-likeness (QED) is 0.746. The van der Waals surface area contributed by atoms with E-state index in [0.717, 1.165) is 28.5 Å². The van der Waals surface area contributed by atoms with Gasteiger partial charge in [-0.25, -0.2) is 4.98 Å². The summed E-state index contributed by atoms with van der Waals surface area (Å²) >= 11 is 1.50. The molecule has 0 aliphatic carbocycles. The summed E-state index contributed by atoms with van der Waals surface area (Å²) in [5.74, 6) is 0.674. The fraction of sp³-hybridized carbons (Fsp3) is 0.400. The predicted molar refractivity (Wildman–Crippen MR) is 85.0 cm³/mol. The van der Waals surface area contributed by atoms with E-state index in [2.05, 4.69) is 45.3 Å². The smallest absolute Gasteiger partial charge is 0.211 e. The number of aryl methyl sites for hydroxylation is 1. The van der Waals surface area contributed by atoms with Gasteiger partial charge in [0.2, 0.25) is 5.16 Å². The van der Waals surface area contributed by atoms with Crippen LogP contribution in [0.25, 0.3) is 22.1 Å². The molecule has 0 atom stereocenters. The highest BCUT2D eigenvalue weighted by atomic mass is 32.2. The van der Waals surface area contributed by atoms with Crippen molar-refractivity contribution in [2.24, 2.45) is 0 Å². The summed E-state index contributed by atoms with van der Waals surface area (Å²) in [5.41, 5.74) is 3.92. The Morgan fingerprint density at radius 3 is 2.95 bits per heavy atom. The zero-order valence-electron chi connectivity index (χ0n) is 12.2. The third kappa shape index (κ3) is 2.55. The summed E-state index contributed by atoms with van der Waals surface area (Å²) in [5, 5.41) is 10.3. The largest absolute Gasteiger partial charge is 0.349 e. The summed E-state index contributed by atoms with van der Waals surface area (Å²) in [6, 6.07) is 6.34. The van der Waals surface area contributed by atoms with Crippen LogP contribution in [0, 0.1) is 0 Å². The summed E-state index contributed by atoms with van der Waals surface area (Å²) in [4.78, 5) is 7.86. The average molecular weight is 316 g/mol. The summed E-state index contributed by atoms with van der Waals surface area (Å²) in [7, 11) is 0. The van der Waals surface area contributed by atoms with E-state index in [-0.39, 0.29) is 6.29 Å². The molecule has 6 nitrogen and oxygen atoms in total. The molecule has 0 saturated carbocycles. The first kappa shape index (κ1) is 13.9. The molecular formula is C15H16N4O2S. The van der Waals surface area contributed by atoms with Gasteiger partial charge in [0.05, 0.1) is 19.0 Å². The number of H-pyrrole nitrogens is 1. The first-order chi connectivity index (χ1) is 10.8. The fourth-order valence-electron chi connectivity index (χ4n) is 2.53. The van der Waals surface area contributed by atoms with Gasteiger partial charge < -0.3 is 14.5 Å². The van der Waals surface area contributed by atoms with Crippen molar-refractivity contribution in [2.45, 2.75) is 24.8 Å². The molecule has 0 unspecified atom stereocenters. The van der Waals surface area contributed by atoms with Gasteiger partial charge in [0.1, 0.15) is 5.52 Å². The molecule has 1 aromatic carbocycles. The first-order valence-electron chi connectivity index (χ1n) is 7.34. The Morgan fingerprint density at radius 2 is 2.14 bits per heavy atom. The van der Waals surface area contributed by atoms with Gasteiger partial charge in [-0.1, -0.05) is 24.8 Å². The van der Waals surface area contributed by atoms with Gasteiger partial charge >= 0.3 is 0 Å². The van der Waals surface area contributed by atoms with Crippen molar-refractivity contribution in [3.05, 3.63) is 23.8 Å². The molecule has 0 amide bonds. The Labute approximate surface area is 131 Å². The van der Waals surface area contributed by atoms with Crippen LogP contribution in [-0.2, 0) is 15.9 Å². The molecule has 114 valence electrons. The van der Waals surface area contributed by atoms with E-state index in [0.29, 0.717) is 24.1 Å². The number of nitrogens with one attached hydrogen (secondary N) is 1. The molecule has 0 radical (unpaired) electrons. The Morgan fingerprint density at radius 1 is 1.27 bits per heavy atom. The molecule has 3 aromatic rings. The molecular weight excluding hydrogens is 300 g/mol. The lowest BCUT2D eigenvalue weighted by molar-refractivity contribution is -0.0215. The minimum atomic E-state index is -0.167. The number of hydrogen-bond donors (Lipinski definition) is 1. The van der Waals surface area contributed by atoms with E-state index in [1.807, 2.05) is 0 Å². The lowest BCUT2D eigenvalue weighted by Gasteiger charge is -2.06. The topological polar surface area (TPSA) is 72.9 Å². The van der Waals surface area contributed by atoms with E-state index in [4.69, 9.17) is 9.47 Å². The molecule has 1 saturated heterocycles. The maximum atomic E-state index is 5.41. The zero-order valence-corrected chi connectivity index (χ0v) is 13.0. The van der Waals surface area contributed by atoms with Crippen molar-refractivity contribution in [2.75, 3.05) is 19.0 Å². The van der Waals surface area contributed by atoms with Crippen LogP contribution >= 0.6 is 11.8 Å². The average Bonchev–Trinajstić information content (AvgIpc) is 3.19. The minimum Gasteiger partial charge on any atom is -0.349 e. The van der Waals surface area contributed by atoms with Crippen molar-refractivity contribution in [3.8, 4) is 0 Å². The van der Waals surface area contributed by atoms with Crippen LogP contribution in [0.2, 0.25) is 0 Å². The molecule has 1 fully saturated rings. The van der Waals surface area contributed by atoms with Crippen LogP contribution in [-0.4, -0.2) is 45.4 Å². The van der Waals surface area contributed by atoms with E-state index in [1.54, 1.807) is 0 Å². The fourth-order valence-corrected chi connectivity index (χ4v) is 3.26. The van der Waals surface area contributed by atoms with Crippen molar-refractivity contribution < 1.29 is 9.47 Å². The van der Waals surface area contributed by atoms with E-state index in [9.17, 15) is 0 Å². The SMILES string of the molecule is CCc1ccc2[nH]c3nc(SCC4OCCO4)nnc3c2c1. The highest BCUT2D eigenvalue weighted by molar-refractivity contribution is 7.99. The van der Waals surface area contributed by atoms with Crippen molar-refractivity contribution in [1.29, 1.82) is 0 Å². The predicted octanol–water partition coefficient (Wildman–Crippen LogP) is 2.53. The van der Waals surface area contributed by atoms with Crippen LogP contribution in [0.5, 0.6) is 0 Å². The maximum absolute atomic E-state index is 5.41. The molecule has 1 aliphatic rings. The van der Waals surface area contributed by atoms with Gasteiger partial charge in [0.25, 0.3) is 0 Å². The Hall–Kier alpha value is -1.70. The number of ether oxygens (including phenoxy) is 2.